The number of nitriles is 1. The average Bonchev–Trinajstić information content (AvgIpc) is 2.37. The number of amides is 1. The summed E-state index contributed by atoms with van der Waals surface area (Å²) in [5, 5.41) is 12.3. The minimum Gasteiger partial charge on any atom is -0.352 e. The third-order valence-electron chi connectivity index (χ3n) is 4.40. The highest BCUT2D eigenvalue weighted by atomic mass is 16.2. The Hall–Kier alpha value is -1.08. The molecule has 1 rings (SSSR count). The van der Waals surface area contributed by atoms with Crippen LogP contribution in [0.15, 0.2) is 0 Å². The number of hydrogen-bond donors (Lipinski definition) is 1. The number of piperidine rings is 1. The molecule has 1 aliphatic rings. The zero-order valence-electron chi connectivity index (χ0n) is 12.0. The highest BCUT2D eigenvalue weighted by Gasteiger charge is 2.36. The molecule has 18 heavy (non-hydrogen) atoms. The van der Waals surface area contributed by atoms with E-state index in [2.05, 4.69) is 30.3 Å². The van der Waals surface area contributed by atoms with Gasteiger partial charge in [-0.25, -0.2) is 0 Å². The Kier molecular flexibility index (Phi) is 5.15. The fraction of sp³-hybridized carbons (Fsp3) is 0.857. The van der Waals surface area contributed by atoms with E-state index in [-0.39, 0.29) is 11.9 Å². The maximum absolute atomic E-state index is 12.3. The first-order chi connectivity index (χ1) is 8.49. The summed E-state index contributed by atoms with van der Waals surface area (Å²) in [4.78, 5) is 14.6. The van der Waals surface area contributed by atoms with Gasteiger partial charge in [0.25, 0.3) is 0 Å². The molecule has 1 amide bonds. The van der Waals surface area contributed by atoms with Crippen LogP contribution in [-0.2, 0) is 4.79 Å². The molecule has 0 aromatic rings. The predicted octanol–water partition coefficient (Wildman–Crippen LogP) is 1.92. The highest BCUT2D eigenvalue weighted by molar-refractivity contribution is 5.85. The molecule has 4 nitrogen and oxygen atoms in total. The normalized spacial score (nSPS) is 25.5. The Morgan fingerprint density at radius 3 is 2.56 bits per heavy atom. The van der Waals surface area contributed by atoms with Gasteiger partial charge in [-0.1, -0.05) is 13.8 Å². The molecule has 0 radical (unpaired) electrons. The van der Waals surface area contributed by atoms with E-state index in [0.29, 0.717) is 18.9 Å². The second kappa shape index (κ2) is 6.19. The molecule has 0 aromatic heterocycles. The Labute approximate surface area is 110 Å². The van der Waals surface area contributed by atoms with Crippen molar-refractivity contribution in [1.29, 1.82) is 5.26 Å². The number of nitrogens with zero attached hydrogens (tertiary/aromatic N) is 2. The number of rotatable bonds is 4. The van der Waals surface area contributed by atoms with Crippen molar-refractivity contribution in [3.8, 4) is 6.07 Å². The van der Waals surface area contributed by atoms with Gasteiger partial charge in [0.1, 0.15) is 5.41 Å². The van der Waals surface area contributed by atoms with Crippen molar-refractivity contribution in [3.63, 3.8) is 0 Å². The monoisotopic (exact) mass is 251 g/mol. The molecule has 0 spiro atoms. The summed E-state index contributed by atoms with van der Waals surface area (Å²) in [7, 11) is 2.11. The second-order valence-electron chi connectivity index (χ2n) is 5.43. The molecule has 0 saturated carbocycles. The van der Waals surface area contributed by atoms with Gasteiger partial charge in [0, 0.05) is 18.6 Å². The van der Waals surface area contributed by atoms with E-state index in [1.165, 1.54) is 0 Å². The van der Waals surface area contributed by atoms with E-state index < -0.39 is 5.41 Å². The van der Waals surface area contributed by atoms with Crippen molar-refractivity contribution in [2.45, 2.75) is 58.5 Å². The number of carbonyl (C=O) groups is 1. The van der Waals surface area contributed by atoms with Crippen LogP contribution in [0.2, 0.25) is 0 Å². The minimum atomic E-state index is -0.841. The van der Waals surface area contributed by atoms with Crippen molar-refractivity contribution in [2.24, 2.45) is 5.41 Å². The van der Waals surface area contributed by atoms with E-state index in [1.54, 1.807) is 0 Å². The molecule has 2 unspecified atom stereocenters. The van der Waals surface area contributed by atoms with Gasteiger partial charge in [0.05, 0.1) is 6.07 Å². The van der Waals surface area contributed by atoms with Gasteiger partial charge >= 0.3 is 0 Å². The molecule has 1 saturated heterocycles. The fourth-order valence-corrected chi connectivity index (χ4v) is 2.52. The molecule has 0 aliphatic carbocycles. The summed E-state index contributed by atoms with van der Waals surface area (Å²) in [6.45, 7) is 6.99. The highest BCUT2D eigenvalue weighted by Crippen LogP contribution is 2.26. The lowest BCUT2D eigenvalue weighted by Crippen LogP contribution is -2.50. The van der Waals surface area contributed by atoms with E-state index >= 15 is 0 Å². The van der Waals surface area contributed by atoms with Crippen LogP contribution in [0.5, 0.6) is 0 Å². The first-order valence-electron chi connectivity index (χ1n) is 6.91. The van der Waals surface area contributed by atoms with Gasteiger partial charge in [-0.3, -0.25) is 4.79 Å². The molecule has 0 bridgehead atoms. The first kappa shape index (κ1) is 15.0. The molecular weight excluding hydrogens is 226 g/mol. The van der Waals surface area contributed by atoms with Gasteiger partial charge in [-0.2, -0.15) is 5.26 Å². The first-order valence-corrected chi connectivity index (χ1v) is 6.91. The molecule has 1 aliphatic heterocycles. The second-order valence-corrected chi connectivity index (χ2v) is 5.43. The quantitative estimate of drug-likeness (QED) is 0.830. The van der Waals surface area contributed by atoms with Crippen LogP contribution in [0.4, 0.5) is 0 Å². The Balaban J connectivity index is 2.62. The summed E-state index contributed by atoms with van der Waals surface area (Å²) in [6.07, 6.45) is 3.10. The summed E-state index contributed by atoms with van der Waals surface area (Å²) >= 11 is 0. The maximum atomic E-state index is 12.3. The van der Waals surface area contributed by atoms with E-state index in [0.717, 1.165) is 19.4 Å². The van der Waals surface area contributed by atoms with Crippen molar-refractivity contribution < 1.29 is 4.79 Å². The van der Waals surface area contributed by atoms with E-state index in [4.69, 9.17) is 0 Å². The molecule has 1 fully saturated rings. The molecule has 4 heteroatoms. The topological polar surface area (TPSA) is 56.1 Å². The van der Waals surface area contributed by atoms with Gasteiger partial charge in [0.15, 0.2) is 0 Å². The Morgan fingerprint density at radius 1 is 1.50 bits per heavy atom. The van der Waals surface area contributed by atoms with E-state index in [1.807, 2.05) is 13.8 Å². The van der Waals surface area contributed by atoms with E-state index in [9.17, 15) is 10.1 Å². The zero-order valence-corrected chi connectivity index (χ0v) is 12.0. The largest absolute Gasteiger partial charge is 0.352 e. The standard InChI is InChI=1S/C14H25N3O/c1-5-14(6-2,10-15)13(18)16-12-7-8-17(4)11(3)9-12/h11-12H,5-9H2,1-4H3,(H,16,18). The molecule has 2 atom stereocenters. The van der Waals surface area contributed by atoms with Crippen LogP contribution in [0.25, 0.3) is 0 Å². The lowest BCUT2D eigenvalue weighted by atomic mass is 9.82. The Morgan fingerprint density at radius 2 is 2.11 bits per heavy atom. The number of likely N-dealkylation sites (tertiary alicyclic amines) is 1. The van der Waals surface area contributed by atoms with Gasteiger partial charge < -0.3 is 10.2 Å². The molecule has 0 aromatic carbocycles. The summed E-state index contributed by atoms with van der Waals surface area (Å²) in [6, 6.07) is 2.91. The Bertz CT molecular complexity index is 330. The van der Waals surface area contributed by atoms with Crippen LogP contribution in [0.3, 0.4) is 0 Å². The minimum absolute atomic E-state index is 0.0863. The van der Waals surface area contributed by atoms with Gasteiger partial charge in [-0.15, -0.1) is 0 Å². The van der Waals surface area contributed by atoms with Crippen molar-refractivity contribution in [3.05, 3.63) is 0 Å². The number of nitrogens with one attached hydrogen (secondary N) is 1. The SMILES string of the molecule is CCC(C#N)(CC)C(=O)NC1CCN(C)C(C)C1. The number of hydrogen-bond acceptors (Lipinski definition) is 3. The van der Waals surface area contributed by atoms with Crippen molar-refractivity contribution >= 4 is 5.91 Å². The molecular formula is C14H25N3O. The molecule has 1 N–H and O–H groups in total. The number of carbonyl (C=O) groups excluding carboxylic acids is 1. The fourth-order valence-electron chi connectivity index (χ4n) is 2.52. The van der Waals surface area contributed by atoms with Crippen LogP contribution in [-0.4, -0.2) is 36.5 Å². The summed E-state index contributed by atoms with van der Waals surface area (Å²) in [5.41, 5.74) is -0.841. The average molecular weight is 251 g/mol. The van der Waals surface area contributed by atoms with Crippen molar-refractivity contribution in [1.82, 2.24) is 10.2 Å². The molecule has 102 valence electrons. The van der Waals surface area contributed by atoms with Crippen molar-refractivity contribution in [2.75, 3.05) is 13.6 Å². The lowest BCUT2D eigenvalue weighted by molar-refractivity contribution is -0.129. The lowest BCUT2D eigenvalue weighted by Gasteiger charge is -2.36. The molecule has 1 heterocycles. The third kappa shape index (κ3) is 3.02. The summed E-state index contributed by atoms with van der Waals surface area (Å²) < 4.78 is 0. The van der Waals surface area contributed by atoms with Gasteiger partial charge in [0.2, 0.25) is 5.91 Å². The van der Waals surface area contributed by atoms with Crippen LogP contribution in [0, 0.1) is 16.7 Å². The zero-order chi connectivity index (χ0) is 13.8. The predicted molar refractivity (Wildman–Crippen MR) is 71.9 cm³/mol. The van der Waals surface area contributed by atoms with Crippen LogP contribution in [0.1, 0.15) is 46.5 Å². The van der Waals surface area contributed by atoms with Gasteiger partial charge in [-0.05, 0) is 39.7 Å². The summed E-state index contributed by atoms with van der Waals surface area (Å²) in [5.74, 6) is -0.0863. The van der Waals surface area contributed by atoms with Crippen LogP contribution >= 0.6 is 0 Å². The smallest absolute Gasteiger partial charge is 0.240 e. The maximum Gasteiger partial charge on any atom is 0.240 e. The van der Waals surface area contributed by atoms with Crippen LogP contribution < -0.4 is 5.32 Å². The third-order valence-corrected chi connectivity index (χ3v) is 4.40.